The van der Waals surface area contributed by atoms with Gasteiger partial charge in [-0.05, 0) is 24.8 Å². The highest BCUT2D eigenvalue weighted by Crippen LogP contribution is 2.02. The van der Waals surface area contributed by atoms with Crippen LogP contribution in [0, 0.1) is 0 Å². The molecule has 0 fully saturated rings. The first-order chi connectivity index (χ1) is 6.43. The van der Waals surface area contributed by atoms with E-state index in [0.717, 1.165) is 19.3 Å². The van der Waals surface area contributed by atoms with E-state index >= 15 is 0 Å². The summed E-state index contributed by atoms with van der Waals surface area (Å²) in [4.78, 5) is 0. The van der Waals surface area contributed by atoms with Gasteiger partial charge in [0.25, 0.3) is 0 Å². The normalized spacial score (nSPS) is 10.8. The van der Waals surface area contributed by atoms with Crippen molar-refractivity contribution in [1.29, 1.82) is 0 Å². The van der Waals surface area contributed by atoms with Gasteiger partial charge in [0.15, 0.2) is 0 Å². The molecule has 1 nitrogen and oxygen atoms in total. The van der Waals surface area contributed by atoms with Gasteiger partial charge in [0.05, 0.1) is 0 Å². The van der Waals surface area contributed by atoms with Gasteiger partial charge in [-0.15, -0.1) is 0 Å². The van der Waals surface area contributed by atoms with Crippen LogP contribution in [0.5, 0.6) is 0 Å². The van der Waals surface area contributed by atoms with Crippen LogP contribution in [-0.2, 0) is 6.42 Å². The van der Waals surface area contributed by atoms with Crippen molar-refractivity contribution >= 4 is 0 Å². The number of aliphatic hydroxyl groups is 1. The Hall–Kier alpha value is -1.08. The van der Waals surface area contributed by atoms with E-state index in [1.165, 1.54) is 5.56 Å². The van der Waals surface area contributed by atoms with Crippen LogP contribution in [0.3, 0.4) is 0 Å². The van der Waals surface area contributed by atoms with E-state index in [-0.39, 0.29) is 6.61 Å². The molecule has 0 aliphatic rings. The first-order valence-electron chi connectivity index (χ1n) is 4.73. The van der Waals surface area contributed by atoms with Crippen LogP contribution in [0.1, 0.15) is 18.4 Å². The third kappa shape index (κ3) is 4.48. The summed E-state index contributed by atoms with van der Waals surface area (Å²) in [7, 11) is 0. The van der Waals surface area contributed by atoms with E-state index in [4.69, 9.17) is 5.11 Å². The fraction of sp³-hybridized carbons (Fsp3) is 0.333. The second-order valence-electron chi connectivity index (χ2n) is 3.01. The largest absolute Gasteiger partial charge is 0.396 e. The average molecular weight is 176 g/mol. The molecule has 0 aromatic heterocycles. The number of hydrogen-bond acceptors (Lipinski definition) is 1. The maximum atomic E-state index is 8.53. The lowest BCUT2D eigenvalue weighted by atomic mass is 10.1. The molecule has 1 aromatic carbocycles. The quantitative estimate of drug-likeness (QED) is 0.684. The summed E-state index contributed by atoms with van der Waals surface area (Å²) in [6.07, 6.45) is 7.08. The highest BCUT2D eigenvalue weighted by atomic mass is 16.2. The van der Waals surface area contributed by atoms with E-state index in [1.807, 2.05) is 12.1 Å². The van der Waals surface area contributed by atoms with Gasteiger partial charge in [-0.2, -0.15) is 0 Å². The van der Waals surface area contributed by atoms with Crippen molar-refractivity contribution in [1.82, 2.24) is 0 Å². The first kappa shape index (κ1) is 10.0. The molecule has 1 aromatic rings. The van der Waals surface area contributed by atoms with Gasteiger partial charge in [-0.1, -0.05) is 42.5 Å². The number of rotatable bonds is 5. The topological polar surface area (TPSA) is 20.2 Å². The summed E-state index contributed by atoms with van der Waals surface area (Å²) in [6, 6.07) is 10.4. The van der Waals surface area contributed by atoms with Gasteiger partial charge >= 0.3 is 0 Å². The standard InChI is InChI=1S/C12H16O/c13-11-7-2-1-4-8-12-9-5-3-6-10-12/h1-3,5-6,9-10,13H,4,7-8,11H2/b2-1+. The number of aryl methyl sites for hydroxylation is 1. The van der Waals surface area contributed by atoms with Crippen LogP contribution in [0.4, 0.5) is 0 Å². The van der Waals surface area contributed by atoms with E-state index < -0.39 is 0 Å². The molecule has 13 heavy (non-hydrogen) atoms. The Morgan fingerprint density at radius 1 is 1.00 bits per heavy atom. The third-order valence-corrected chi connectivity index (χ3v) is 1.90. The molecule has 0 heterocycles. The first-order valence-corrected chi connectivity index (χ1v) is 4.73. The monoisotopic (exact) mass is 176 g/mol. The molecule has 0 saturated heterocycles. The minimum atomic E-state index is 0.252. The molecule has 0 amide bonds. The minimum Gasteiger partial charge on any atom is -0.396 e. The Bertz CT molecular complexity index is 239. The van der Waals surface area contributed by atoms with Crippen LogP contribution in [-0.4, -0.2) is 11.7 Å². The maximum absolute atomic E-state index is 8.53. The van der Waals surface area contributed by atoms with Crippen LogP contribution < -0.4 is 0 Å². The Morgan fingerprint density at radius 3 is 2.38 bits per heavy atom. The zero-order chi connectivity index (χ0) is 9.36. The summed E-state index contributed by atoms with van der Waals surface area (Å²) in [5, 5.41) is 8.53. The lowest BCUT2D eigenvalue weighted by molar-refractivity contribution is 0.302. The van der Waals surface area contributed by atoms with Crippen molar-refractivity contribution in [2.45, 2.75) is 19.3 Å². The van der Waals surface area contributed by atoms with Crippen LogP contribution >= 0.6 is 0 Å². The summed E-state index contributed by atoms with van der Waals surface area (Å²) in [6.45, 7) is 0.252. The van der Waals surface area contributed by atoms with Crippen molar-refractivity contribution in [3.05, 3.63) is 48.0 Å². The van der Waals surface area contributed by atoms with E-state index in [1.54, 1.807) is 0 Å². The zero-order valence-electron chi connectivity index (χ0n) is 7.82. The molecule has 0 unspecified atom stereocenters. The van der Waals surface area contributed by atoms with E-state index in [9.17, 15) is 0 Å². The van der Waals surface area contributed by atoms with Crippen LogP contribution in [0.2, 0.25) is 0 Å². The van der Waals surface area contributed by atoms with Crippen molar-refractivity contribution in [3.8, 4) is 0 Å². The predicted octanol–water partition coefficient (Wildman–Crippen LogP) is 2.56. The number of benzene rings is 1. The molecule has 0 spiro atoms. The Kier molecular flexibility index (Phi) is 4.95. The van der Waals surface area contributed by atoms with Crippen molar-refractivity contribution in [3.63, 3.8) is 0 Å². The van der Waals surface area contributed by atoms with Gasteiger partial charge in [0.2, 0.25) is 0 Å². The van der Waals surface area contributed by atoms with Gasteiger partial charge in [0.1, 0.15) is 0 Å². The highest BCUT2D eigenvalue weighted by Gasteiger charge is 1.87. The second kappa shape index (κ2) is 6.44. The lowest BCUT2D eigenvalue weighted by Crippen LogP contribution is -1.81. The zero-order valence-corrected chi connectivity index (χ0v) is 7.82. The van der Waals surface area contributed by atoms with Crippen molar-refractivity contribution < 1.29 is 5.11 Å². The molecule has 0 aliphatic carbocycles. The SMILES string of the molecule is OCC/C=C/CCc1ccccc1. The third-order valence-electron chi connectivity index (χ3n) is 1.90. The summed E-state index contributed by atoms with van der Waals surface area (Å²) >= 11 is 0. The van der Waals surface area contributed by atoms with E-state index in [0.29, 0.717) is 0 Å². The van der Waals surface area contributed by atoms with Gasteiger partial charge in [-0.25, -0.2) is 0 Å². The summed E-state index contributed by atoms with van der Waals surface area (Å²) in [5.74, 6) is 0. The lowest BCUT2D eigenvalue weighted by Gasteiger charge is -1.95. The summed E-state index contributed by atoms with van der Waals surface area (Å²) < 4.78 is 0. The fourth-order valence-corrected chi connectivity index (χ4v) is 1.20. The molecule has 0 radical (unpaired) electrons. The molecule has 1 N–H and O–H groups in total. The van der Waals surface area contributed by atoms with Gasteiger partial charge < -0.3 is 5.11 Å². The summed E-state index contributed by atoms with van der Waals surface area (Å²) in [5.41, 5.74) is 1.37. The Balaban J connectivity index is 2.20. The molecule has 0 aliphatic heterocycles. The fourth-order valence-electron chi connectivity index (χ4n) is 1.20. The second-order valence-corrected chi connectivity index (χ2v) is 3.01. The molecule has 0 saturated carbocycles. The van der Waals surface area contributed by atoms with Crippen LogP contribution in [0.25, 0.3) is 0 Å². The molecular formula is C12H16O. The number of hydrogen-bond donors (Lipinski definition) is 1. The maximum Gasteiger partial charge on any atom is 0.0465 e. The van der Waals surface area contributed by atoms with Gasteiger partial charge in [0, 0.05) is 6.61 Å². The van der Waals surface area contributed by atoms with Gasteiger partial charge in [-0.3, -0.25) is 0 Å². The molecular weight excluding hydrogens is 160 g/mol. The van der Waals surface area contributed by atoms with Crippen LogP contribution in [0.15, 0.2) is 42.5 Å². The van der Waals surface area contributed by atoms with Crippen molar-refractivity contribution in [2.75, 3.05) is 6.61 Å². The molecule has 0 bridgehead atoms. The predicted molar refractivity (Wildman–Crippen MR) is 55.6 cm³/mol. The number of allylic oxidation sites excluding steroid dienone is 1. The Morgan fingerprint density at radius 2 is 1.69 bits per heavy atom. The average Bonchev–Trinajstić information content (AvgIpc) is 2.19. The number of aliphatic hydroxyl groups excluding tert-OH is 1. The molecule has 1 heteroatoms. The molecule has 1 rings (SSSR count). The van der Waals surface area contributed by atoms with Crippen molar-refractivity contribution in [2.24, 2.45) is 0 Å². The highest BCUT2D eigenvalue weighted by molar-refractivity contribution is 5.15. The molecule has 0 atom stereocenters. The minimum absolute atomic E-state index is 0.252. The molecule has 70 valence electrons. The van der Waals surface area contributed by atoms with E-state index in [2.05, 4.69) is 30.3 Å². The smallest absolute Gasteiger partial charge is 0.0465 e. The Labute approximate surface area is 79.7 Å².